The molecule has 0 unspecified atom stereocenters. The summed E-state index contributed by atoms with van der Waals surface area (Å²) in [5, 5.41) is 15.6. The number of rotatable bonds is 4. The highest BCUT2D eigenvalue weighted by Crippen LogP contribution is 2.28. The normalized spacial score (nSPS) is 12.5. The van der Waals surface area contributed by atoms with Crippen LogP contribution in [0.5, 0.6) is 0 Å². The Labute approximate surface area is 140 Å². The predicted octanol–water partition coefficient (Wildman–Crippen LogP) is 3.83. The molecule has 0 bridgehead atoms. The molecule has 0 saturated heterocycles. The SMILES string of the molecule is CC(C)[C@H](NC(=O)c1c2ccccc2cc2ccccc12)C(=O)O. The van der Waals surface area contributed by atoms with Crippen LogP contribution < -0.4 is 5.32 Å². The van der Waals surface area contributed by atoms with Crippen LogP contribution in [-0.2, 0) is 4.79 Å². The van der Waals surface area contributed by atoms with Crippen molar-refractivity contribution < 1.29 is 14.7 Å². The number of amides is 1. The van der Waals surface area contributed by atoms with Gasteiger partial charge in [-0.25, -0.2) is 4.79 Å². The predicted molar refractivity (Wildman–Crippen MR) is 95.2 cm³/mol. The zero-order valence-electron chi connectivity index (χ0n) is 13.6. The Balaban J connectivity index is 2.18. The summed E-state index contributed by atoms with van der Waals surface area (Å²) < 4.78 is 0. The highest BCUT2D eigenvalue weighted by Gasteiger charge is 2.25. The van der Waals surface area contributed by atoms with Crippen LogP contribution in [0.2, 0.25) is 0 Å². The molecule has 0 aromatic heterocycles. The van der Waals surface area contributed by atoms with Gasteiger partial charge in [0.25, 0.3) is 5.91 Å². The van der Waals surface area contributed by atoms with E-state index in [-0.39, 0.29) is 11.8 Å². The van der Waals surface area contributed by atoms with Crippen LogP contribution in [-0.4, -0.2) is 23.0 Å². The van der Waals surface area contributed by atoms with Gasteiger partial charge in [-0.15, -0.1) is 0 Å². The third-order valence-corrected chi connectivity index (χ3v) is 4.22. The van der Waals surface area contributed by atoms with Gasteiger partial charge in [-0.2, -0.15) is 0 Å². The molecule has 3 rings (SSSR count). The lowest BCUT2D eigenvalue weighted by Crippen LogP contribution is -2.44. The quantitative estimate of drug-likeness (QED) is 0.718. The zero-order valence-corrected chi connectivity index (χ0v) is 13.6. The second kappa shape index (κ2) is 6.32. The summed E-state index contributed by atoms with van der Waals surface area (Å²) in [5.41, 5.74) is 0.524. The number of nitrogens with one attached hydrogen (secondary N) is 1. The fourth-order valence-electron chi connectivity index (χ4n) is 2.99. The molecule has 0 aliphatic carbocycles. The Morgan fingerprint density at radius 1 is 0.917 bits per heavy atom. The van der Waals surface area contributed by atoms with Crippen LogP contribution >= 0.6 is 0 Å². The summed E-state index contributed by atoms with van der Waals surface area (Å²) in [5.74, 6) is -1.58. The monoisotopic (exact) mass is 321 g/mol. The molecule has 0 radical (unpaired) electrons. The third-order valence-electron chi connectivity index (χ3n) is 4.22. The van der Waals surface area contributed by atoms with Gasteiger partial charge in [0.05, 0.1) is 5.56 Å². The lowest BCUT2D eigenvalue weighted by Gasteiger charge is -2.19. The number of carboxylic acids is 1. The van der Waals surface area contributed by atoms with Gasteiger partial charge in [-0.3, -0.25) is 4.79 Å². The first kappa shape index (κ1) is 16.0. The van der Waals surface area contributed by atoms with Gasteiger partial charge in [0.2, 0.25) is 0 Å². The van der Waals surface area contributed by atoms with E-state index in [4.69, 9.17) is 0 Å². The molecule has 3 aromatic carbocycles. The third kappa shape index (κ3) is 2.83. The van der Waals surface area contributed by atoms with Crippen molar-refractivity contribution in [1.82, 2.24) is 5.32 Å². The number of carbonyl (C=O) groups excluding carboxylic acids is 1. The fourth-order valence-corrected chi connectivity index (χ4v) is 2.99. The second-order valence-corrected chi connectivity index (χ2v) is 6.23. The van der Waals surface area contributed by atoms with Gasteiger partial charge in [-0.05, 0) is 33.5 Å². The Morgan fingerprint density at radius 2 is 1.42 bits per heavy atom. The lowest BCUT2D eigenvalue weighted by molar-refractivity contribution is -0.140. The van der Waals surface area contributed by atoms with Crippen LogP contribution in [0.3, 0.4) is 0 Å². The minimum absolute atomic E-state index is 0.201. The van der Waals surface area contributed by atoms with Crippen LogP contribution in [0, 0.1) is 5.92 Å². The number of hydrogen-bond acceptors (Lipinski definition) is 2. The fraction of sp³-hybridized carbons (Fsp3) is 0.200. The van der Waals surface area contributed by atoms with Crippen molar-refractivity contribution in [3.05, 3.63) is 60.2 Å². The summed E-state index contributed by atoms with van der Waals surface area (Å²) in [6.45, 7) is 3.56. The van der Waals surface area contributed by atoms with Gasteiger partial charge < -0.3 is 10.4 Å². The van der Waals surface area contributed by atoms with Gasteiger partial charge in [0, 0.05) is 0 Å². The molecule has 0 saturated carbocycles. The highest BCUT2D eigenvalue weighted by atomic mass is 16.4. The summed E-state index contributed by atoms with van der Waals surface area (Å²) in [6.07, 6.45) is 0. The number of carbonyl (C=O) groups is 2. The molecule has 3 aromatic rings. The maximum absolute atomic E-state index is 12.9. The molecule has 122 valence electrons. The zero-order chi connectivity index (χ0) is 17.3. The summed E-state index contributed by atoms with van der Waals surface area (Å²) >= 11 is 0. The van der Waals surface area contributed by atoms with Crippen LogP contribution in [0.25, 0.3) is 21.5 Å². The van der Waals surface area contributed by atoms with E-state index in [0.29, 0.717) is 5.56 Å². The van der Waals surface area contributed by atoms with E-state index in [1.54, 1.807) is 13.8 Å². The van der Waals surface area contributed by atoms with Gasteiger partial charge in [-0.1, -0.05) is 62.4 Å². The first-order valence-corrected chi connectivity index (χ1v) is 7.93. The lowest BCUT2D eigenvalue weighted by atomic mass is 9.95. The summed E-state index contributed by atoms with van der Waals surface area (Å²) in [4.78, 5) is 24.3. The Kier molecular flexibility index (Phi) is 4.21. The molecule has 1 atom stereocenters. The molecule has 0 aliphatic heterocycles. The minimum Gasteiger partial charge on any atom is -0.480 e. The highest BCUT2D eigenvalue weighted by molar-refractivity contribution is 6.18. The van der Waals surface area contributed by atoms with Crippen molar-refractivity contribution in [2.24, 2.45) is 5.92 Å². The van der Waals surface area contributed by atoms with E-state index in [1.807, 2.05) is 54.6 Å². The largest absolute Gasteiger partial charge is 0.480 e. The van der Waals surface area contributed by atoms with Crippen LogP contribution in [0.1, 0.15) is 24.2 Å². The van der Waals surface area contributed by atoms with Crippen LogP contribution in [0.15, 0.2) is 54.6 Å². The molecule has 2 N–H and O–H groups in total. The van der Waals surface area contributed by atoms with Gasteiger partial charge >= 0.3 is 5.97 Å². The molecule has 4 heteroatoms. The van der Waals surface area contributed by atoms with E-state index in [1.165, 1.54) is 0 Å². The number of hydrogen-bond donors (Lipinski definition) is 2. The minimum atomic E-state index is -1.03. The van der Waals surface area contributed by atoms with Crippen molar-refractivity contribution in [2.75, 3.05) is 0 Å². The molecule has 0 aliphatic rings. The first-order valence-electron chi connectivity index (χ1n) is 7.93. The first-order chi connectivity index (χ1) is 11.5. The van der Waals surface area contributed by atoms with E-state index in [9.17, 15) is 14.7 Å². The molecule has 0 fully saturated rings. The molecule has 24 heavy (non-hydrogen) atoms. The Bertz CT molecular complexity index is 876. The van der Waals surface area contributed by atoms with Crippen molar-refractivity contribution in [2.45, 2.75) is 19.9 Å². The molecule has 0 spiro atoms. The van der Waals surface area contributed by atoms with Crippen LogP contribution in [0.4, 0.5) is 0 Å². The topological polar surface area (TPSA) is 66.4 Å². The van der Waals surface area contributed by atoms with Crippen molar-refractivity contribution in [1.29, 1.82) is 0 Å². The number of aliphatic carboxylic acids is 1. The standard InChI is InChI=1S/C20H19NO3/c1-12(2)18(20(23)24)21-19(22)17-15-9-5-3-7-13(15)11-14-8-4-6-10-16(14)17/h3-12,18H,1-2H3,(H,21,22)(H,23,24)/t18-/m0/s1. The molecule has 4 nitrogen and oxygen atoms in total. The summed E-state index contributed by atoms with van der Waals surface area (Å²) in [7, 11) is 0. The van der Waals surface area contributed by atoms with E-state index in [2.05, 4.69) is 5.32 Å². The number of fused-ring (bicyclic) bond motifs is 2. The number of benzene rings is 3. The molecular weight excluding hydrogens is 302 g/mol. The molecule has 1 amide bonds. The molecular formula is C20H19NO3. The second-order valence-electron chi connectivity index (χ2n) is 6.23. The summed E-state index contributed by atoms with van der Waals surface area (Å²) in [6, 6.07) is 16.4. The average molecular weight is 321 g/mol. The Hall–Kier alpha value is -2.88. The maximum Gasteiger partial charge on any atom is 0.326 e. The Morgan fingerprint density at radius 3 is 1.88 bits per heavy atom. The van der Waals surface area contributed by atoms with Gasteiger partial charge in [0.1, 0.15) is 6.04 Å². The van der Waals surface area contributed by atoms with Gasteiger partial charge in [0.15, 0.2) is 0 Å². The van der Waals surface area contributed by atoms with Crippen molar-refractivity contribution >= 4 is 33.4 Å². The smallest absolute Gasteiger partial charge is 0.326 e. The number of carboxylic acid groups (broad SMARTS) is 1. The van der Waals surface area contributed by atoms with Crippen molar-refractivity contribution in [3.63, 3.8) is 0 Å². The van der Waals surface area contributed by atoms with E-state index >= 15 is 0 Å². The average Bonchev–Trinajstić information content (AvgIpc) is 2.56. The van der Waals surface area contributed by atoms with E-state index in [0.717, 1.165) is 21.5 Å². The molecule has 0 heterocycles. The maximum atomic E-state index is 12.9. The van der Waals surface area contributed by atoms with E-state index < -0.39 is 12.0 Å². The van der Waals surface area contributed by atoms with Crippen molar-refractivity contribution in [3.8, 4) is 0 Å².